The first-order valence-electron chi connectivity index (χ1n) is 4.93. The lowest BCUT2D eigenvalue weighted by Gasteiger charge is -2.10. The summed E-state index contributed by atoms with van der Waals surface area (Å²) in [7, 11) is 0. The maximum atomic E-state index is 10.0. The van der Waals surface area contributed by atoms with Crippen LogP contribution in [0.5, 0.6) is 0 Å². The summed E-state index contributed by atoms with van der Waals surface area (Å²) in [6.45, 7) is 2.80. The molecule has 1 unspecified atom stereocenters. The van der Waals surface area contributed by atoms with Crippen molar-refractivity contribution in [3.05, 3.63) is 48.3 Å². The predicted octanol–water partition coefficient (Wildman–Crippen LogP) is 1.38. The van der Waals surface area contributed by atoms with E-state index in [1.807, 2.05) is 29.8 Å². The summed E-state index contributed by atoms with van der Waals surface area (Å²) in [6, 6.07) is 5.46. The molecule has 2 aromatic rings. The van der Waals surface area contributed by atoms with E-state index in [0.29, 0.717) is 11.5 Å². The van der Waals surface area contributed by atoms with E-state index in [2.05, 4.69) is 9.97 Å². The number of nitrogens with zero attached hydrogens (tertiary/aromatic N) is 3. The Kier molecular flexibility index (Phi) is 2.78. The van der Waals surface area contributed by atoms with E-state index in [-0.39, 0.29) is 0 Å². The van der Waals surface area contributed by atoms with Crippen LogP contribution in [-0.4, -0.2) is 19.6 Å². The third-order valence-corrected chi connectivity index (χ3v) is 2.30. The first kappa shape index (κ1) is 9.86. The second kappa shape index (κ2) is 4.23. The van der Waals surface area contributed by atoms with E-state index < -0.39 is 6.10 Å². The molecule has 0 saturated heterocycles. The van der Waals surface area contributed by atoms with Crippen molar-refractivity contribution in [1.29, 1.82) is 0 Å². The van der Waals surface area contributed by atoms with Crippen LogP contribution in [0.2, 0.25) is 0 Å². The van der Waals surface area contributed by atoms with Crippen LogP contribution in [0, 0.1) is 0 Å². The summed E-state index contributed by atoms with van der Waals surface area (Å²) in [5.41, 5.74) is 0.624. The van der Waals surface area contributed by atoms with Crippen molar-refractivity contribution in [2.24, 2.45) is 0 Å². The number of aryl methyl sites for hydroxylation is 1. The first-order chi connectivity index (χ1) is 7.33. The van der Waals surface area contributed by atoms with Gasteiger partial charge in [0.1, 0.15) is 5.82 Å². The van der Waals surface area contributed by atoms with Gasteiger partial charge in [0.25, 0.3) is 0 Å². The van der Waals surface area contributed by atoms with Gasteiger partial charge in [-0.2, -0.15) is 0 Å². The van der Waals surface area contributed by atoms with E-state index in [0.717, 1.165) is 6.54 Å². The topological polar surface area (TPSA) is 50.9 Å². The van der Waals surface area contributed by atoms with Crippen molar-refractivity contribution in [3.63, 3.8) is 0 Å². The average Bonchev–Trinajstić information content (AvgIpc) is 2.77. The fourth-order valence-electron chi connectivity index (χ4n) is 1.51. The number of aliphatic hydroxyl groups is 1. The van der Waals surface area contributed by atoms with Crippen molar-refractivity contribution in [2.45, 2.75) is 19.6 Å². The Morgan fingerprint density at radius 2 is 2.20 bits per heavy atom. The molecule has 0 fully saturated rings. The Bertz CT molecular complexity index is 424. The Labute approximate surface area is 88.2 Å². The molecule has 0 bridgehead atoms. The molecular formula is C11H13N3O. The van der Waals surface area contributed by atoms with Crippen molar-refractivity contribution in [1.82, 2.24) is 14.5 Å². The maximum absolute atomic E-state index is 10.0. The van der Waals surface area contributed by atoms with Gasteiger partial charge in [0.15, 0.2) is 6.10 Å². The summed E-state index contributed by atoms with van der Waals surface area (Å²) in [4.78, 5) is 8.24. The van der Waals surface area contributed by atoms with Gasteiger partial charge in [0.05, 0.1) is 5.69 Å². The minimum absolute atomic E-state index is 0.624. The zero-order valence-electron chi connectivity index (χ0n) is 8.54. The van der Waals surface area contributed by atoms with Crippen LogP contribution < -0.4 is 0 Å². The molecule has 0 spiro atoms. The SMILES string of the molecule is CCn1ccnc1C(O)c1ccccn1. The lowest BCUT2D eigenvalue weighted by atomic mass is 10.2. The fraction of sp³-hybridized carbons (Fsp3) is 0.273. The molecule has 0 saturated carbocycles. The van der Waals surface area contributed by atoms with Crippen molar-refractivity contribution in [3.8, 4) is 0 Å². The molecule has 1 atom stereocenters. The van der Waals surface area contributed by atoms with E-state index in [4.69, 9.17) is 0 Å². The summed E-state index contributed by atoms with van der Waals surface area (Å²) in [5, 5.41) is 10.0. The van der Waals surface area contributed by atoms with Gasteiger partial charge in [-0.05, 0) is 19.1 Å². The lowest BCUT2D eigenvalue weighted by Crippen LogP contribution is -2.09. The average molecular weight is 203 g/mol. The largest absolute Gasteiger partial charge is 0.379 e. The molecular weight excluding hydrogens is 190 g/mol. The third kappa shape index (κ3) is 1.89. The molecule has 0 radical (unpaired) electrons. The standard InChI is InChI=1S/C11H13N3O/c1-2-14-8-7-13-11(14)10(15)9-5-3-4-6-12-9/h3-8,10,15H,2H2,1H3. The molecule has 0 aliphatic heterocycles. The molecule has 78 valence electrons. The summed E-state index contributed by atoms with van der Waals surface area (Å²) in [6.07, 6.45) is 4.45. The third-order valence-electron chi connectivity index (χ3n) is 2.30. The fourth-order valence-corrected chi connectivity index (χ4v) is 1.51. The van der Waals surface area contributed by atoms with Crippen LogP contribution >= 0.6 is 0 Å². The monoisotopic (exact) mass is 203 g/mol. The highest BCUT2D eigenvalue weighted by atomic mass is 16.3. The van der Waals surface area contributed by atoms with Crippen molar-refractivity contribution < 1.29 is 5.11 Å². The molecule has 2 heterocycles. The number of hydrogen-bond donors (Lipinski definition) is 1. The second-order valence-electron chi connectivity index (χ2n) is 3.23. The van der Waals surface area contributed by atoms with Crippen LogP contribution in [0.25, 0.3) is 0 Å². The molecule has 0 aromatic carbocycles. The van der Waals surface area contributed by atoms with Gasteiger partial charge >= 0.3 is 0 Å². The van der Waals surface area contributed by atoms with Gasteiger partial charge in [-0.3, -0.25) is 4.98 Å². The maximum Gasteiger partial charge on any atom is 0.153 e. The van der Waals surface area contributed by atoms with E-state index in [1.54, 1.807) is 18.5 Å². The highest BCUT2D eigenvalue weighted by Crippen LogP contribution is 2.17. The minimum atomic E-state index is -0.749. The lowest BCUT2D eigenvalue weighted by molar-refractivity contribution is 0.200. The van der Waals surface area contributed by atoms with Crippen LogP contribution in [0.3, 0.4) is 0 Å². The number of rotatable bonds is 3. The summed E-state index contributed by atoms with van der Waals surface area (Å²) >= 11 is 0. The smallest absolute Gasteiger partial charge is 0.153 e. The van der Waals surface area contributed by atoms with Crippen LogP contribution in [0.15, 0.2) is 36.8 Å². The van der Waals surface area contributed by atoms with Crippen LogP contribution in [-0.2, 0) is 6.54 Å². The van der Waals surface area contributed by atoms with Crippen molar-refractivity contribution >= 4 is 0 Å². The highest BCUT2D eigenvalue weighted by Gasteiger charge is 2.15. The molecule has 2 rings (SSSR count). The van der Waals surface area contributed by atoms with Gasteiger partial charge in [-0.1, -0.05) is 6.07 Å². The molecule has 0 aliphatic carbocycles. The first-order valence-corrected chi connectivity index (χ1v) is 4.93. The molecule has 4 nitrogen and oxygen atoms in total. The Balaban J connectivity index is 2.32. The van der Waals surface area contributed by atoms with Gasteiger partial charge in [-0.15, -0.1) is 0 Å². The zero-order chi connectivity index (χ0) is 10.7. The predicted molar refractivity (Wildman–Crippen MR) is 56.2 cm³/mol. The van der Waals surface area contributed by atoms with Gasteiger partial charge in [0, 0.05) is 25.1 Å². The number of pyridine rings is 1. The molecule has 2 aromatic heterocycles. The molecule has 4 heteroatoms. The van der Waals surface area contributed by atoms with Crippen molar-refractivity contribution in [2.75, 3.05) is 0 Å². The summed E-state index contributed by atoms with van der Waals surface area (Å²) in [5.74, 6) is 0.635. The highest BCUT2D eigenvalue weighted by molar-refractivity contribution is 5.15. The Hall–Kier alpha value is -1.68. The van der Waals surface area contributed by atoms with Crippen LogP contribution in [0.1, 0.15) is 24.5 Å². The normalized spacial score (nSPS) is 12.7. The van der Waals surface area contributed by atoms with E-state index >= 15 is 0 Å². The zero-order valence-corrected chi connectivity index (χ0v) is 8.54. The molecule has 0 aliphatic rings. The van der Waals surface area contributed by atoms with Gasteiger partial charge in [0.2, 0.25) is 0 Å². The second-order valence-corrected chi connectivity index (χ2v) is 3.23. The number of imidazole rings is 1. The summed E-state index contributed by atoms with van der Waals surface area (Å²) < 4.78 is 1.90. The molecule has 15 heavy (non-hydrogen) atoms. The van der Waals surface area contributed by atoms with E-state index in [9.17, 15) is 5.11 Å². The Morgan fingerprint density at radius 3 is 2.87 bits per heavy atom. The van der Waals surface area contributed by atoms with Gasteiger partial charge in [-0.25, -0.2) is 4.98 Å². The van der Waals surface area contributed by atoms with Gasteiger partial charge < -0.3 is 9.67 Å². The number of hydrogen-bond acceptors (Lipinski definition) is 3. The number of aromatic nitrogens is 3. The van der Waals surface area contributed by atoms with E-state index in [1.165, 1.54) is 0 Å². The minimum Gasteiger partial charge on any atom is -0.379 e. The number of aliphatic hydroxyl groups excluding tert-OH is 1. The quantitative estimate of drug-likeness (QED) is 0.819. The molecule has 1 N–H and O–H groups in total. The molecule has 0 amide bonds. The Morgan fingerprint density at radius 1 is 1.33 bits per heavy atom. The van der Waals surface area contributed by atoms with Crippen LogP contribution in [0.4, 0.5) is 0 Å².